The molecule has 3 nitrogen and oxygen atoms in total. The third-order valence-corrected chi connectivity index (χ3v) is 6.33. The molecule has 1 unspecified atom stereocenters. The zero-order chi connectivity index (χ0) is 17.6. The van der Waals surface area contributed by atoms with Gasteiger partial charge >= 0.3 is 0 Å². The first-order valence-corrected chi connectivity index (χ1v) is 9.75. The molecule has 0 saturated heterocycles. The summed E-state index contributed by atoms with van der Waals surface area (Å²) >= 11 is 5.87. The van der Waals surface area contributed by atoms with E-state index in [2.05, 4.69) is 0 Å². The van der Waals surface area contributed by atoms with Crippen LogP contribution in [0.4, 0.5) is 4.39 Å². The van der Waals surface area contributed by atoms with Crippen LogP contribution in [0.15, 0.2) is 35.2 Å². The molecule has 0 aliphatic carbocycles. The van der Waals surface area contributed by atoms with E-state index in [4.69, 9.17) is 16.3 Å². The first kappa shape index (κ1) is 17.2. The van der Waals surface area contributed by atoms with Gasteiger partial charge in [0.05, 0.1) is 10.6 Å². The van der Waals surface area contributed by atoms with Gasteiger partial charge in [0.15, 0.2) is 9.84 Å². The average Bonchev–Trinajstić information content (AvgIpc) is 2.67. The van der Waals surface area contributed by atoms with Gasteiger partial charge in [-0.3, -0.25) is 0 Å². The fourth-order valence-electron chi connectivity index (χ4n) is 3.28. The summed E-state index contributed by atoms with van der Waals surface area (Å²) in [7, 11) is -3.25. The Kier molecular flexibility index (Phi) is 4.34. The van der Waals surface area contributed by atoms with Crippen molar-refractivity contribution < 1.29 is 17.5 Å². The van der Waals surface area contributed by atoms with Crippen LogP contribution >= 0.6 is 11.6 Å². The van der Waals surface area contributed by atoms with Crippen molar-refractivity contribution in [3.05, 3.63) is 52.3 Å². The maximum Gasteiger partial charge on any atom is 0.179 e. The maximum absolute atomic E-state index is 13.5. The van der Waals surface area contributed by atoms with Crippen molar-refractivity contribution in [2.45, 2.75) is 37.5 Å². The Bertz CT molecular complexity index is 886. The van der Waals surface area contributed by atoms with Crippen molar-refractivity contribution in [3.63, 3.8) is 0 Å². The van der Waals surface area contributed by atoms with Gasteiger partial charge < -0.3 is 4.74 Å². The molecular formula is C18H18ClFO3S. The van der Waals surface area contributed by atoms with Crippen LogP contribution in [0.2, 0.25) is 5.02 Å². The molecule has 1 heterocycles. The first-order valence-electron chi connectivity index (χ1n) is 7.72. The molecule has 1 atom stereocenters. The van der Waals surface area contributed by atoms with Gasteiger partial charge in [-0.2, -0.15) is 0 Å². The van der Waals surface area contributed by atoms with Gasteiger partial charge in [0.1, 0.15) is 17.3 Å². The van der Waals surface area contributed by atoms with Crippen LogP contribution in [0, 0.1) is 5.82 Å². The normalized spacial score (nSPS) is 18.7. The number of benzene rings is 2. The molecule has 0 aromatic heterocycles. The summed E-state index contributed by atoms with van der Waals surface area (Å²) in [6.07, 6.45) is 0. The highest BCUT2D eigenvalue weighted by atomic mass is 35.5. The lowest BCUT2D eigenvalue weighted by atomic mass is 9.90. The molecule has 0 fully saturated rings. The minimum Gasteiger partial charge on any atom is -0.457 e. The highest BCUT2D eigenvalue weighted by Crippen LogP contribution is 2.44. The Morgan fingerprint density at radius 1 is 1.25 bits per heavy atom. The van der Waals surface area contributed by atoms with Crippen LogP contribution in [0.1, 0.15) is 43.7 Å². The van der Waals surface area contributed by atoms with Gasteiger partial charge in [-0.15, -0.1) is 0 Å². The molecule has 2 aromatic carbocycles. The molecule has 0 amide bonds. The van der Waals surface area contributed by atoms with Gasteiger partial charge in [-0.05, 0) is 41.7 Å². The zero-order valence-electron chi connectivity index (χ0n) is 13.6. The molecule has 3 rings (SSSR count). The van der Waals surface area contributed by atoms with E-state index < -0.39 is 15.7 Å². The lowest BCUT2D eigenvalue weighted by Gasteiger charge is -2.19. The molecule has 0 radical (unpaired) electrons. The van der Waals surface area contributed by atoms with Gasteiger partial charge in [-0.25, -0.2) is 12.8 Å². The van der Waals surface area contributed by atoms with E-state index in [1.54, 1.807) is 12.1 Å². The molecule has 0 spiro atoms. The number of ether oxygens (including phenoxy) is 1. The Balaban J connectivity index is 2.15. The molecule has 1 aliphatic rings. The predicted molar refractivity (Wildman–Crippen MR) is 92.5 cm³/mol. The second-order valence-corrected chi connectivity index (χ2v) is 8.87. The number of hydrogen-bond acceptors (Lipinski definition) is 3. The minimum absolute atomic E-state index is 0.0646. The number of rotatable bonds is 3. The largest absolute Gasteiger partial charge is 0.457 e. The number of halogens is 2. The van der Waals surface area contributed by atoms with Crippen molar-refractivity contribution in [2.75, 3.05) is 5.75 Å². The summed E-state index contributed by atoms with van der Waals surface area (Å²) in [6, 6.07) is 7.21. The molecule has 24 heavy (non-hydrogen) atoms. The molecule has 2 aromatic rings. The highest BCUT2D eigenvalue weighted by molar-refractivity contribution is 7.91. The van der Waals surface area contributed by atoms with E-state index in [0.29, 0.717) is 10.6 Å². The van der Waals surface area contributed by atoms with E-state index in [0.717, 1.165) is 11.1 Å². The molecule has 6 heteroatoms. The third-order valence-electron chi connectivity index (χ3n) is 4.15. The average molecular weight is 369 g/mol. The monoisotopic (exact) mass is 368 g/mol. The second kappa shape index (κ2) is 6.05. The van der Waals surface area contributed by atoms with Crippen molar-refractivity contribution in [2.24, 2.45) is 0 Å². The van der Waals surface area contributed by atoms with Crippen LogP contribution in [0.3, 0.4) is 0 Å². The number of hydrogen-bond donors (Lipinski definition) is 0. The molecular weight excluding hydrogens is 351 g/mol. The lowest BCUT2D eigenvalue weighted by molar-refractivity contribution is 0.465. The highest BCUT2D eigenvalue weighted by Gasteiger charge is 2.36. The number of fused-ring (bicyclic) bond motifs is 1. The van der Waals surface area contributed by atoms with Crippen LogP contribution in [0.5, 0.6) is 11.5 Å². The van der Waals surface area contributed by atoms with Gasteiger partial charge in [0, 0.05) is 16.7 Å². The third kappa shape index (κ3) is 3.03. The van der Waals surface area contributed by atoms with Gasteiger partial charge in [0.25, 0.3) is 0 Å². The van der Waals surface area contributed by atoms with Crippen LogP contribution < -0.4 is 4.74 Å². The summed E-state index contributed by atoms with van der Waals surface area (Å²) in [4.78, 5) is 0.378. The van der Waals surface area contributed by atoms with E-state index in [-0.39, 0.29) is 28.4 Å². The van der Waals surface area contributed by atoms with Crippen LogP contribution in [0.25, 0.3) is 0 Å². The van der Waals surface area contributed by atoms with E-state index in [9.17, 15) is 12.8 Å². The van der Waals surface area contributed by atoms with Crippen LogP contribution in [-0.4, -0.2) is 14.2 Å². The second-order valence-electron chi connectivity index (χ2n) is 6.43. The van der Waals surface area contributed by atoms with Gasteiger partial charge in [-0.1, -0.05) is 32.4 Å². The fraction of sp³-hybridized carbons (Fsp3) is 0.333. The van der Waals surface area contributed by atoms with Crippen molar-refractivity contribution in [1.29, 1.82) is 0 Å². The smallest absolute Gasteiger partial charge is 0.179 e. The minimum atomic E-state index is -3.25. The first-order chi connectivity index (χ1) is 11.2. The Morgan fingerprint density at radius 3 is 2.58 bits per heavy atom. The Morgan fingerprint density at radius 2 is 1.96 bits per heavy atom. The molecule has 0 saturated carbocycles. The van der Waals surface area contributed by atoms with Crippen molar-refractivity contribution in [1.82, 2.24) is 0 Å². The van der Waals surface area contributed by atoms with Crippen LogP contribution in [-0.2, 0) is 9.84 Å². The Labute approximate surface area is 146 Å². The maximum atomic E-state index is 13.5. The number of sulfone groups is 1. The summed E-state index contributed by atoms with van der Waals surface area (Å²) in [5.74, 6) is 0.416. The fourth-order valence-corrected chi connectivity index (χ4v) is 5.41. The van der Waals surface area contributed by atoms with E-state index in [1.807, 2.05) is 20.8 Å². The van der Waals surface area contributed by atoms with E-state index in [1.165, 1.54) is 18.2 Å². The molecule has 0 bridgehead atoms. The predicted octanol–water partition coefficient (Wildman–Crippen LogP) is 5.29. The standard InChI is InChI=1S/C18H18ClFO3S/c1-10(2)17-15(23-14-7-12(19)6-13(20)8-14)4-5-16-18(17)11(3)9-24(16,21)22/h4-8,10-11H,9H2,1-3H3. The molecule has 128 valence electrons. The van der Waals surface area contributed by atoms with E-state index >= 15 is 0 Å². The Hall–Kier alpha value is -1.59. The summed E-state index contributed by atoms with van der Waals surface area (Å²) in [5.41, 5.74) is 1.66. The van der Waals surface area contributed by atoms with Crippen molar-refractivity contribution >= 4 is 21.4 Å². The molecule has 1 aliphatic heterocycles. The topological polar surface area (TPSA) is 43.4 Å². The summed E-state index contributed by atoms with van der Waals surface area (Å²) < 4.78 is 44.0. The summed E-state index contributed by atoms with van der Waals surface area (Å²) in [5, 5.41) is 0.244. The lowest BCUT2D eigenvalue weighted by Crippen LogP contribution is -2.02. The van der Waals surface area contributed by atoms with Gasteiger partial charge in [0.2, 0.25) is 0 Å². The summed E-state index contributed by atoms with van der Waals surface area (Å²) in [6.45, 7) is 5.87. The quantitative estimate of drug-likeness (QED) is 0.739. The SMILES string of the molecule is CC(C)c1c(Oc2cc(F)cc(Cl)c2)ccc2c1C(C)CS2(=O)=O. The zero-order valence-corrected chi connectivity index (χ0v) is 15.2. The molecule has 0 N–H and O–H groups in total. The van der Waals surface area contributed by atoms with Crippen molar-refractivity contribution in [3.8, 4) is 11.5 Å².